The van der Waals surface area contributed by atoms with Gasteiger partial charge in [-0.2, -0.15) is 0 Å². The fraction of sp³-hybridized carbons (Fsp3) is 0.250. The number of aromatic amines is 1. The first-order chi connectivity index (χ1) is 15.9. The standard InChI is InChI=1S/C24H21BrN4O4/c1-2-14-16-4-3-5-17(25)20(16)28-21(14)23(32)26-13-6-7-15-12(10-13)11-29(24(15)33)18-8-9-19(30)27-22(18)31/h3-7,10,18,28H,2,8-9,11H2,1H3,(H,26,32)(H,27,30,31). The number of rotatable bonds is 4. The number of anilines is 1. The highest BCUT2D eigenvalue weighted by Gasteiger charge is 2.39. The predicted octanol–water partition coefficient (Wildman–Crippen LogP) is 3.51. The maximum atomic E-state index is 13.1. The van der Waals surface area contributed by atoms with Crippen LogP contribution >= 0.6 is 15.9 Å². The van der Waals surface area contributed by atoms with Crippen molar-refractivity contribution in [2.24, 2.45) is 0 Å². The molecule has 0 radical (unpaired) electrons. The third-order valence-electron chi connectivity index (χ3n) is 6.25. The van der Waals surface area contributed by atoms with Crippen LogP contribution in [0.25, 0.3) is 10.9 Å². The number of aromatic nitrogens is 1. The number of H-pyrrole nitrogens is 1. The predicted molar refractivity (Wildman–Crippen MR) is 126 cm³/mol. The number of amides is 4. The molecule has 1 fully saturated rings. The van der Waals surface area contributed by atoms with Gasteiger partial charge in [-0.3, -0.25) is 24.5 Å². The number of benzene rings is 2. The first-order valence-corrected chi connectivity index (χ1v) is 11.5. The summed E-state index contributed by atoms with van der Waals surface area (Å²) in [6, 6.07) is 10.3. The van der Waals surface area contributed by atoms with Gasteiger partial charge in [-0.15, -0.1) is 0 Å². The number of nitrogens with one attached hydrogen (secondary N) is 3. The molecule has 0 saturated carbocycles. The molecule has 3 N–H and O–H groups in total. The second-order valence-corrected chi connectivity index (χ2v) is 9.07. The van der Waals surface area contributed by atoms with Gasteiger partial charge in [0.05, 0.1) is 5.52 Å². The molecule has 5 rings (SSSR count). The third-order valence-corrected chi connectivity index (χ3v) is 6.91. The molecule has 8 nitrogen and oxygen atoms in total. The number of nitrogens with zero attached hydrogens (tertiary/aromatic N) is 1. The summed E-state index contributed by atoms with van der Waals surface area (Å²) in [5, 5.41) is 6.22. The van der Waals surface area contributed by atoms with Gasteiger partial charge in [0.1, 0.15) is 11.7 Å². The van der Waals surface area contributed by atoms with Crippen molar-refractivity contribution in [1.29, 1.82) is 0 Å². The Kier molecular flexibility index (Phi) is 5.28. The van der Waals surface area contributed by atoms with Gasteiger partial charge in [-0.1, -0.05) is 19.1 Å². The molecule has 1 aromatic heterocycles. The van der Waals surface area contributed by atoms with E-state index in [1.54, 1.807) is 18.2 Å². The molecule has 0 spiro atoms. The van der Waals surface area contributed by atoms with Crippen LogP contribution in [0.3, 0.4) is 0 Å². The second-order valence-electron chi connectivity index (χ2n) is 8.22. The largest absolute Gasteiger partial charge is 0.349 e. The maximum Gasteiger partial charge on any atom is 0.272 e. The highest BCUT2D eigenvalue weighted by molar-refractivity contribution is 9.10. The van der Waals surface area contributed by atoms with Gasteiger partial charge >= 0.3 is 0 Å². The van der Waals surface area contributed by atoms with Crippen molar-refractivity contribution in [3.05, 3.63) is 63.3 Å². The molecule has 2 aliphatic heterocycles. The summed E-state index contributed by atoms with van der Waals surface area (Å²) >= 11 is 3.53. The summed E-state index contributed by atoms with van der Waals surface area (Å²) in [5.74, 6) is -1.27. The van der Waals surface area contributed by atoms with Crippen molar-refractivity contribution in [3.63, 3.8) is 0 Å². The SMILES string of the molecule is CCc1c(C(=O)Nc2ccc3c(c2)CN(C2CCC(=O)NC2=O)C3=O)[nH]c2c(Br)cccc12. The molecule has 1 saturated heterocycles. The van der Waals surface area contributed by atoms with E-state index >= 15 is 0 Å². The summed E-state index contributed by atoms with van der Waals surface area (Å²) < 4.78 is 0.887. The van der Waals surface area contributed by atoms with Crippen LogP contribution in [0.2, 0.25) is 0 Å². The average molecular weight is 509 g/mol. The molecule has 33 heavy (non-hydrogen) atoms. The van der Waals surface area contributed by atoms with Gasteiger partial charge in [-0.05, 0) is 64.2 Å². The number of hydrogen-bond acceptors (Lipinski definition) is 4. The van der Waals surface area contributed by atoms with Crippen LogP contribution in [-0.2, 0) is 22.6 Å². The van der Waals surface area contributed by atoms with Crippen molar-refractivity contribution in [3.8, 4) is 0 Å². The normalized spacial score (nSPS) is 17.9. The Balaban J connectivity index is 1.39. The van der Waals surface area contributed by atoms with E-state index in [1.165, 1.54) is 4.90 Å². The number of aryl methyl sites for hydroxylation is 1. The lowest BCUT2D eigenvalue weighted by molar-refractivity contribution is -0.136. The molecule has 3 aromatic rings. The van der Waals surface area contributed by atoms with Crippen LogP contribution in [0.5, 0.6) is 0 Å². The molecule has 0 bridgehead atoms. The molecular weight excluding hydrogens is 488 g/mol. The monoisotopic (exact) mass is 508 g/mol. The zero-order valence-electron chi connectivity index (χ0n) is 17.8. The molecule has 3 heterocycles. The van der Waals surface area contributed by atoms with E-state index in [0.717, 1.165) is 26.5 Å². The molecule has 168 valence electrons. The molecule has 4 amide bonds. The van der Waals surface area contributed by atoms with Crippen LogP contribution in [0.4, 0.5) is 5.69 Å². The number of imide groups is 1. The lowest BCUT2D eigenvalue weighted by Gasteiger charge is -2.29. The smallest absolute Gasteiger partial charge is 0.272 e. The Hall–Kier alpha value is -3.46. The molecule has 1 unspecified atom stereocenters. The minimum Gasteiger partial charge on any atom is -0.349 e. The van der Waals surface area contributed by atoms with E-state index in [0.29, 0.717) is 29.8 Å². The lowest BCUT2D eigenvalue weighted by Crippen LogP contribution is -2.52. The van der Waals surface area contributed by atoms with Gasteiger partial charge in [0.25, 0.3) is 11.8 Å². The average Bonchev–Trinajstić information content (AvgIpc) is 3.32. The highest BCUT2D eigenvalue weighted by atomic mass is 79.9. The molecule has 9 heteroatoms. The van der Waals surface area contributed by atoms with Crippen LogP contribution in [0.1, 0.15) is 51.7 Å². The van der Waals surface area contributed by atoms with Crippen LogP contribution in [0, 0.1) is 0 Å². The van der Waals surface area contributed by atoms with Crippen molar-refractivity contribution < 1.29 is 19.2 Å². The summed E-state index contributed by atoms with van der Waals surface area (Å²) in [6.45, 7) is 2.26. The molecule has 0 aliphatic carbocycles. The minimum absolute atomic E-state index is 0.207. The van der Waals surface area contributed by atoms with Crippen LogP contribution in [0.15, 0.2) is 40.9 Å². The third kappa shape index (κ3) is 3.62. The Morgan fingerprint density at radius 3 is 2.79 bits per heavy atom. The lowest BCUT2D eigenvalue weighted by atomic mass is 10.0. The van der Waals surface area contributed by atoms with Gasteiger partial charge in [0.2, 0.25) is 11.8 Å². The van der Waals surface area contributed by atoms with Gasteiger partial charge in [0.15, 0.2) is 0 Å². The van der Waals surface area contributed by atoms with E-state index in [4.69, 9.17) is 0 Å². The van der Waals surface area contributed by atoms with E-state index in [9.17, 15) is 19.2 Å². The Morgan fingerprint density at radius 2 is 2.03 bits per heavy atom. The van der Waals surface area contributed by atoms with Crippen LogP contribution < -0.4 is 10.6 Å². The quantitative estimate of drug-likeness (QED) is 0.468. The van der Waals surface area contributed by atoms with E-state index in [1.807, 2.05) is 25.1 Å². The fourth-order valence-corrected chi connectivity index (χ4v) is 5.11. The number of carbonyl (C=O) groups is 4. The maximum absolute atomic E-state index is 13.1. The highest BCUT2D eigenvalue weighted by Crippen LogP contribution is 2.31. The number of piperidine rings is 1. The van der Waals surface area contributed by atoms with Crippen molar-refractivity contribution in [1.82, 2.24) is 15.2 Å². The minimum atomic E-state index is -0.669. The van der Waals surface area contributed by atoms with Gasteiger partial charge < -0.3 is 15.2 Å². The van der Waals surface area contributed by atoms with Crippen LogP contribution in [-0.4, -0.2) is 39.6 Å². The number of hydrogen-bond donors (Lipinski definition) is 3. The summed E-state index contributed by atoms with van der Waals surface area (Å²) in [5.41, 5.74) is 4.11. The van der Waals surface area contributed by atoms with Crippen molar-refractivity contribution in [2.75, 3.05) is 5.32 Å². The number of para-hydroxylation sites is 1. The zero-order valence-corrected chi connectivity index (χ0v) is 19.4. The Labute approximate surface area is 197 Å². The summed E-state index contributed by atoms with van der Waals surface area (Å²) in [6.07, 6.45) is 1.21. The number of fused-ring (bicyclic) bond motifs is 2. The Bertz CT molecular complexity index is 1350. The molecule has 2 aliphatic rings. The summed E-state index contributed by atoms with van der Waals surface area (Å²) in [7, 11) is 0. The fourth-order valence-electron chi connectivity index (χ4n) is 4.64. The van der Waals surface area contributed by atoms with E-state index in [-0.39, 0.29) is 30.7 Å². The topological polar surface area (TPSA) is 111 Å². The first kappa shape index (κ1) is 21.4. The van der Waals surface area contributed by atoms with Crippen molar-refractivity contribution in [2.45, 2.75) is 38.8 Å². The number of carbonyl (C=O) groups excluding carboxylic acids is 4. The number of halogens is 1. The second kappa shape index (κ2) is 8.15. The van der Waals surface area contributed by atoms with E-state index < -0.39 is 11.9 Å². The zero-order chi connectivity index (χ0) is 23.3. The van der Waals surface area contributed by atoms with E-state index in [2.05, 4.69) is 31.5 Å². The Morgan fingerprint density at radius 1 is 1.21 bits per heavy atom. The molecular formula is C24H21BrN4O4. The summed E-state index contributed by atoms with van der Waals surface area (Å²) in [4.78, 5) is 54.3. The van der Waals surface area contributed by atoms with Gasteiger partial charge in [0, 0.05) is 34.1 Å². The van der Waals surface area contributed by atoms with Crippen molar-refractivity contribution >= 4 is 56.1 Å². The van der Waals surface area contributed by atoms with Gasteiger partial charge in [-0.25, -0.2) is 0 Å². The molecule has 1 atom stereocenters. The molecule has 2 aromatic carbocycles. The first-order valence-electron chi connectivity index (χ1n) is 10.8.